The molecule has 0 bridgehead atoms. The number of unbranched alkanes of at least 4 members (excludes halogenated alkanes) is 1. The second-order valence-electron chi connectivity index (χ2n) is 7.52. The lowest BCUT2D eigenvalue weighted by molar-refractivity contribution is -0.146. The van der Waals surface area contributed by atoms with Gasteiger partial charge >= 0.3 is 0 Å². The Bertz CT molecular complexity index is 599. The number of hydrogen-bond donors (Lipinski definition) is 1. The Morgan fingerprint density at radius 1 is 1.37 bits per heavy atom. The summed E-state index contributed by atoms with van der Waals surface area (Å²) in [7, 11) is 1.76. The molecule has 1 aromatic rings. The number of piperidine rings is 1. The van der Waals surface area contributed by atoms with Crippen LogP contribution in [0.4, 0.5) is 5.69 Å². The third-order valence-electron chi connectivity index (χ3n) is 5.48. The highest BCUT2D eigenvalue weighted by atomic mass is 16.6. The van der Waals surface area contributed by atoms with Crippen molar-refractivity contribution in [1.29, 1.82) is 0 Å². The molecule has 1 aromatic carbocycles. The van der Waals surface area contributed by atoms with Gasteiger partial charge in [0, 0.05) is 32.5 Å². The number of benzene rings is 1. The summed E-state index contributed by atoms with van der Waals surface area (Å²) in [4.78, 5) is 14.7. The lowest BCUT2D eigenvalue weighted by atomic mass is 9.87. The number of rotatable bonds is 8. The van der Waals surface area contributed by atoms with Crippen LogP contribution in [0.1, 0.15) is 39.0 Å². The zero-order chi connectivity index (χ0) is 19.1. The van der Waals surface area contributed by atoms with E-state index in [9.17, 15) is 4.79 Å². The molecule has 2 fully saturated rings. The van der Waals surface area contributed by atoms with E-state index in [0.29, 0.717) is 6.54 Å². The molecular formula is C21H32N2O4. The van der Waals surface area contributed by atoms with Gasteiger partial charge in [0.15, 0.2) is 0 Å². The zero-order valence-electron chi connectivity index (χ0n) is 16.5. The molecule has 0 radical (unpaired) electrons. The van der Waals surface area contributed by atoms with Gasteiger partial charge in [0.2, 0.25) is 5.91 Å². The number of nitrogens with one attached hydrogen (secondary N) is 1. The predicted molar refractivity (Wildman–Crippen MR) is 105 cm³/mol. The van der Waals surface area contributed by atoms with Crippen LogP contribution in [0.25, 0.3) is 0 Å². The second kappa shape index (κ2) is 9.53. The van der Waals surface area contributed by atoms with Crippen LogP contribution in [0.5, 0.6) is 5.75 Å². The number of nitrogens with zero attached hydrogens (tertiary/aromatic N) is 1. The summed E-state index contributed by atoms with van der Waals surface area (Å²) >= 11 is 0. The van der Waals surface area contributed by atoms with Crippen molar-refractivity contribution >= 4 is 11.6 Å². The molecule has 2 heterocycles. The summed E-state index contributed by atoms with van der Waals surface area (Å²) in [5.74, 6) is 0.835. The van der Waals surface area contributed by atoms with E-state index >= 15 is 0 Å². The third-order valence-corrected chi connectivity index (χ3v) is 5.48. The standard InChI is InChI=1S/C21H32N2O4/c1-3-4-13-26-18-8-6-17(7-9-18)22-20(24)15-23-12-10-19(25-2)21(16-23)11-5-14-27-21/h6-9,19H,3-5,10-16H2,1-2H3,(H,22,24)/t19-,21+/m0/s1. The molecule has 2 aliphatic rings. The van der Waals surface area contributed by atoms with Crippen LogP contribution < -0.4 is 10.1 Å². The van der Waals surface area contributed by atoms with Crippen molar-refractivity contribution in [1.82, 2.24) is 4.90 Å². The van der Waals surface area contributed by atoms with Gasteiger partial charge in [0.1, 0.15) is 11.4 Å². The van der Waals surface area contributed by atoms with Crippen molar-refractivity contribution < 1.29 is 19.0 Å². The van der Waals surface area contributed by atoms with Crippen molar-refractivity contribution in [3.8, 4) is 5.75 Å². The fraction of sp³-hybridized carbons (Fsp3) is 0.667. The van der Waals surface area contributed by atoms with Gasteiger partial charge in [-0.05, 0) is 49.9 Å². The molecule has 2 atom stereocenters. The first-order valence-corrected chi connectivity index (χ1v) is 10.1. The van der Waals surface area contributed by atoms with E-state index in [2.05, 4.69) is 17.1 Å². The van der Waals surface area contributed by atoms with Crippen molar-refractivity contribution in [3.05, 3.63) is 24.3 Å². The number of amides is 1. The van der Waals surface area contributed by atoms with Gasteiger partial charge in [-0.1, -0.05) is 13.3 Å². The minimum atomic E-state index is -0.245. The summed E-state index contributed by atoms with van der Waals surface area (Å²) < 4.78 is 17.4. The van der Waals surface area contributed by atoms with Crippen LogP contribution in [0.2, 0.25) is 0 Å². The Labute approximate surface area is 162 Å². The van der Waals surface area contributed by atoms with Gasteiger partial charge in [-0.25, -0.2) is 0 Å². The summed E-state index contributed by atoms with van der Waals surface area (Å²) in [6.45, 7) is 5.62. The van der Waals surface area contributed by atoms with Crippen molar-refractivity contribution in [2.24, 2.45) is 0 Å². The first-order valence-electron chi connectivity index (χ1n) is 10.1. The largest absolute Gasteiger partial charge is 0.494 e. The van der Waals surface area contributed by atoms with Gasteiger partial charge in [-0.3, -0.25) is 9.69 Å². The van der Waals surface area contributed by atoms with E-state index in [-0.39, 0.29) is 17.6 Å². The molecule has 0 aliphatic carbocycles. The zero-order valence-corrected chi connectivity index (χ0v) is 16.5. The minimum absolute atomic E-state index is 0.00124. The molecule has 1 amide bonds. The van der Waals surface area contributed by atoms with Crippen LogP contribution in [-0.2, 0) is 14.3 Å². The molecule has 27 heavy (non-hydrogen) atoms. The van der Waals surface area contributed by atoms with E-state index in [4.69, 9.17) is 14.2 Å². The highest BCUT2D eigenvalue weighted by molar-refractivity contribution is 5.92. The predicted octanol–water partition coefficient (Wildman–Crippen LogP) is 3.07. The van der Waals surface area contributed by atoms with E-state index in [1.807, 2.05) is 24.3 Å². The number of carbonyl (C=O) groups is 1. The fourth-order valence-corrected chi connectivity index (χ4v) is 4.06. The summed E-state index contributed by atoms with van der Waals surface area (Å²) in [5.41, 5.74) is 0.548. The van der Waals surface area contributed by atoms with E-state index in [1.54, 1.807) is 7.11 Å². The Morgan fingerprint density at radius 3 is 2.85 bits per heavy atom. The molecule has 150 valence electrons. The molecule has 6 nitrogen and oxygen atoms in total. The lowest BCUT2D eigenvalue weighted by Crippen LogP contribution is -2.58. The average Bonchev–Trinajstić information content (AvgIpc) is 3.12. The van der Waals surface area contributed by atoms with Gasteiger partial charge in [0.25, 0.3) is 0 Å². The smallest absolute Gasteiger partial charge is 0.238 e. The normalized spacial score (nSPS) is 25.6. The van der Waals surface area contributed by atoms with Crippen molar-refractivity contribution in [2.45, 2.75) is 50.7 Å². The maximum absolute atomic E-state index is 12.5. The van der Waals surface area contributed by atoms with Crippen LogP contribution in [-0.4, -0.2) is 62.5 Å². The summed E-state index contributed by atoms with van der Waals surface area (Å²) in [6.07, 6.45) is 5.24. The number of carbonyl (C=O) groups excluding carboxylic acids is 1. The quantitative estimate of drug-likeness (QED) is 0.707. The van der Waals surface area contributed by atoms with Gasteiger partial charge in [-0.2, -0.15) is 0 Å². The molecule has 0 saturated carbocycles. The third kappa shape index (κ3) is 5.21. The highest BCUT2D eigenvalue weighted by Gasteiger charge is 2.47. The number of likely N-dealkylation sites (tertiary alicyclic amines) is 1. The summed E-state index contributed by atoms with van der Waals surface area (Å²) in [5, 5.41) is 2.98. The van der Waals surface area contributed by atoms with E-state index in [0.717, 1.165) is 69.8 Å². The maximum atomic E-state index is 12.5. The van der Waals surface area contributed by atoms with Crippen LogP contribution in [0.15, 0.2) is 24.3 Å². The molecule has 0 aromatic heterocycles. The Hall–Kier alpha value is -1.63. The van der Waals surface area contributed by atoms with Gasteiger partial charge < -0.3 is 19.5 Å². The number of ether oxygens (including phenoxy) is 3. The molecule has 2 aliphatic heterocycles. The Balaban J connectivity index is 1.49. The summed E-state index contributed by atoms with van der Waals surface area (Å²) in [6, 6.07) is 7.57. The van der Waals surface area contributed by atoms with Crippen LogP contribution in [0.3, 0.4) is 0 Å². The average molecular weight is 376 g/mol. The number of methoxy groups -OCH3 is 1. The Morgan fingerprint density at radius 2 is 2.19 bits per heavy atom. The second-order valence-corrected chi connectivity index (χ2v) is 7.52. The molecule has 6 heteroatoms. The number of anilines is 1. The number of hydrogen-bond acceptors (Lipinski definition) is 5. The topological polar surface area (TPSA) is 60.0 Å². The lowest BCUT2D eigenvalue weighted by Gasteiger charge is -2.44. The fourth-order valence-electron chi connectivity index (χ4n) is 4.06. The van der Waals surface area contributed by atoms with Gasteiger partial charge in [0.05, 0.1) is 19.3 Å². The van der Waals surface area contributed by atoms with E-state index in [1.165, 1.54) is 0 Å². The van der Waals surface area contributed by atoms with Gasteiger partial charge in [-0.15, -0.1) is 0 Å². The van der Waals surface area contributed by atoms with Crippen molar-refractivity contribution in [3.63, 3.8) is 0 Å². The first-order chi connectivity index (χ1) is 13.1. The van der Waals surface area contributed by atoms with E-state index < -0.39 is 0 Å². The molecule has 1 N–H and O–H groups in total. The Kier molecular flexibility index (Phi) is 7.10. The minimum Gasteiger partial charge on any atom is -0.494 e. The molecule has 2 saturated heterocycles. The molecule has 1 spiro atoms. The maximum Gasteiger partial charge on any atom is 0.238 e. The first kappa shape index (κ1) is 20.1. The van der Waals surface area contributed by atoms with Crippen LogP contribution in [0, 0.1) is 0 Å². The molecule has 3 rings (SSSR count). The molecular weight excluding hydrogens is 344 g/mol. The highest BCUT2D eigenvalue weighted by Crippen LogP contribution is 2.36. The molecule has 0 unspecified atom stereocenters. The van der Waals surface area contributed by atoms with Crippen LogP contribution >= 0.6 is 0 Å². The van der Waals surface area contributed by atoms with Crippen molar-refractivity contribution in [2.75, 3.05) is 45.3 Å². The SMILES string of the molecule is CCCCOc1ccc(NC(=O)CN2CC[C@H](OC)[C@@]3(CCCO3)C2)cc1. The monoisotopic (exact) mass is 376 g/mol.